The van der Waals surface area contributed by atoms with E-state index in [1.807, 2.05) is 43.0 Å². The Bertz CT molecular complexity index is 803. The average molecular weight is 405 g/mol. The molecule has 6 heteroatoms. The van der Waals surface area contributed by atoms with Crippen LogP contribution in [0.3, 0.4) is 0 Å². The van der Waals surface area contributed by atoms with Crippen LogP contribution >= 0.6 is 22.9 Å². The van der Waals surface area contributed by atoms with Crippen LogP contribution in [-0.4, -0.2) is 41.2 Å². The molecule has 2 heterocycles. The van der Waals surface area contributed by atoms with Gasteiger partial charge in [-0.05, 0) is 47.5 Å². The van der Waals surface area contributed by atoms with E-state index in [1.165, 1.54) is 10.4 Å². The number of thiophene rings is 1. The lowest BCUT2D eigenvalue weighted by molar-refractivity contribution is -0.141. The van der Waals surface area contributed by atoms with E-state index < -0.39 is 0 Å². The van der Waals surface area contributed by atoms with Crippen molar-refractivity contribution in [1.82, 2.24) is 9.80 Å². The molecule has 0 fully saturated rings. The number of carbonyl (C=O) groups excluding carboxylic acids is 2. The van der Waals surface area contributed by atoms with E-state index in [0.29, 0.717) is 24.5 Å². The van der Waals surface area contributed by atoms with E-state index in [-0.39, 0.29) is 24.4 Å². The summed E-state index contributed by atoms with van der Waals surface area (Å²) in [5.74, 6) is 0.0310. The molecule has 1 aromatic heterocycles. The molecule has 27 heavy (non-hydrogen) atoms. The van der Waals surface area contributed by atoms with Crippen LogP contribution in [0.1, 0.15) is 48.7 Å². The van der Waals surface area contributed by atoms with E-state index in [4.69, 9.17) is 11.6 Å². The summed E-state index contributed by atoms with van der Waals surface area (Å²) >= 11 is 7.80. The van der Waals surface area contributed by atoms with Crippen LogP contribution in [0, 0.1) is 0 Å². The summed E-state index contributed by atoms with van der Waals surface area (Å²) in [7, 11) is 0. The summed E-state index contributed by atoms with van der Waals surface area (Å²) in [6.07, 6.45) is 2.12. The summed E-state index contributed by atoms with van der Waals surface area (Å²) < 4.78 is 0. The summed E-state index contributed by atoms with van der Waals surface area (Å²) in [5.41, 5.74) is 2.24. The summed E-state index contributed by atoms with van der Waals surface area (Å²) in [6, 6.07) is 9.70. The van der Waals surface area contributed by atoms with Crippen LogP contribution in [0.4, 0.5) is 0 Å². The van der Waals surface area contributed by atoms with E-state index in [1.54, 1.807) is 16.2 Å². The fourth-order valence-electron chi connectivity index (χ4n) is 3.63. The van der Waals surface area contributed by atoms with Crippen molar-refractivity contribution >= 4 is 34.8 Å². The third kappa shape index (κ3) is 4.36. The molecular formula is C21H25ClN2O2S. The molecule has 0 spiro atoms. The zero-order chi connectivity index (χ0) is 19.4. The van der Waals surface area contributed by atoms with Gasteiger partial charge in [0.25, 0.3) is 0 Å². The first-order valence-electron chi connectivity index (χ1n) is 9.44. The van der Waals surface area contributed by atoms with Crippen LogP contribution < -0.4 is 0 Å². The Kier molecular flexibility index (Phi) is 6.55. The fourth-order valence-corrected chi connectivity index (χ4v) is 4.66. The Hall–Kier alpha value is -1.85. The second-order valence-electron chi connectivity index (χ2n) is 6.76. The lowest BCUT2D eigenvalue weighted by Gasteiger charge is -2.37. The van der Waals surface area contributed by atoms with Crippen LogP contribution in [0.25, 0.3) is 0 Å². The van der Waals surface area contributed by atoms with Gasteiger partial charge in [0.2, 0.25) is 11.8 Å². The lowest BCUT2D eigenvalue weighted by Crippen LogP contribution is -2.46. The van der Waals surface area contributed by atoms with Crippen molar-refractivity contribution in [2.75, 3.05) is 19.6 Å². The van der Waals surface area contributed by atoms with Crippen molar-refractivity contribution in [1.29, 1.82) is 0 Å². The van der Waals surface area contributed by atoms with Gasteiger partial charge >= 0.3 is 0 Å². The van der Waals surface area contributed by atoms with E-state index in [9.17, 15) is 9.59 Å². The van der Waals surface area contributed by atoms with Crippen molar-refractivity contribution < 1.29 is 9.59 Å². The molecule has 4 nitrogen and oxygen atoms in total. The van der Waals surface area contributed by atoms with Gasteiger partial charge < -0.3 is 9.80 Å². The molecule has 1 aromatic carbocycles. The maximum atomic E-state index is 13.2. The minimum absolute atomic E-state index is 0.00190. The zero-order valence-corrected chi connectivity index (χ0v) is 17.4. The molecule has 2 amide bonds. The predicted octanol–water partition coefficient (Wildman–Crippen LogP) is 4.52. The number of hydrogen-bond donors (Lipinski definition) is 0. The number of nitrogens with zero attached hydrogens (tertiary/aromatic N) is 2. The molecule has 144 valence electrons. The minimum Gasteiger partial charge on any atom is -0.333 e. The fraction of sp³-hybridized carbons (Fsp3) is 0.429. The van der Waals surface area contributed by atoms with E-state index >= 15 is 0 Å². The highest BCUT2D eigenvalue weighted by Gasteiger charge is 2.33. The van der Waals surface area contributed by atoms with Gasteiger partial charge in [-0.2, -0.15) is 0 Å². The van der Waals surface area contributed by atoms with Gasteiger partial charge in [0.1, 0.15) is 0 Å². The van der Waals surface area contributed by atoms with Gasteiger partial charge in [0, 0.05) is 29.4 Å². The minimum atomic E-state index is -0.120. The summed E-state index contributed by atoms with van der Waals surface area (Å²) in [5, 5.41) is 2.77. The summed E-state index contributed by atoms with van der Waals surface area (Å²) in [4.78, 5) is 30.3. The second kappa shape index (κ2) is 8.89. The van der Waals surface area contributed by atoms with Crippen molar-refractivity contribution in [3.05, 3.63) is 56.7 Å². The number of hydrogen-bond acceptors (Lipinski definition) is 3. The van der Waals surface area contributed by atoms with Gasteiger partial charge in [-0.3, -0.25) is 9.59 Å². The van der Waals surface area contributed by atoms with Gasteiger partial charge in [0.05, 0.1) is 12.6 Å². The van der Waals surface area contributed by atoms with Crippen molar-refractivity contribution in [2.24, 2.45) is 0 Å². The normalized spacial score (nSPS) is 16.1. The number of benzene rings is 1. The van der Waals surface area contributed by atoms with Gasteiger partial charge in [-0.1, -0.05) is 37.6 Å². The first kappa shape index (κ1) is 19.9. The highest BCUT2D eigenvalue weighted by atomic mass is 35.5. The highest BCUT2D eigenvalue weighted by molar-refractivity contribution is 7.10. The number of rotatable bonds is 6. The Morgan fingerprint density at radius 3 is 2.63 bits per heavy atom. The number of halogens is 1. The Morgan fingerprint density at radius 2 is 1.96 bits per heavy atom. The third-order valence-electron chi connectivity index (χ3n) is 4.95. The smallest absolute Gasteiger partial charge is 0.242 e. The van der Waals surface area contributed by atoms with Crippen molar-refractivity contribution in [2.45, 2.75) is 39.2 Å². The zero-order valence-electron chi connectivity index (χ0n) is 15.8. The molecule has 2 aromatic rings. The topological polar surface area (TPSA) is 40.6 Å². The molecule has 0 saturated carbocycles. The molecule has 3 rings (SSSR count). The first-order chi connectivity index (χ1) is 13.0. The Balaban J connectivity index is 1.89. The van der Waals surface area contributed by atoms with E-state index in [0.717, 1.165) is 18.4 Å². The number of amides is 2. The molecule has 1 aliphatic rings. The standard InChI is InChI=1S/C21H25ClN2O2S/c1-3-11-23(19(25)4-2)14-20(26)24-12-9-18-17(10-13-27-18)21(24)15-5-7-16(22)8-6-15/h5-8,10,13,21H,3-4,9,11-12,14H2,1-2H3. The molecule has 0 aliphatic carbocycles. The van der Waals surface area contributed by atoms with Crippen molar-refractivity contribution in [3.8, 4) is 0 Å². The average Bonchev–Trinajstić information content (AvgIpc) is 3.15. The monoisotopic (exact) mass is 404 g/mol. The molecule has 0 radical (unpaired) electrons. The lowest BCUT2D eigenvalue weighted by atomic mass is 9.93. The molecule has 1 atom stereocenters. The molecule has 1 unspecified atom stereocenters. The number of fused-ring (bicyclic) bond motifs is 1. The van der Waals surface area contributed by atoms with Gasteiger partial charge in [-0.25, -0.2) is 0 Å². The molecule has 1 aliphatic heterocycles. The Labute approximate surface area is 169 Å². The molecule has 0 N–H and O–H groups in total. The van der Waals surface area contributed by atoms with E-state index in [2.05, 4.69) is 11.4 Å². The molecule has 0 bridgehead atoms. The summed E-state index contributed by atoms with van der Waals surface area (Å²) in [6.45, 7) is 5.28. The van der Waals surface area contributed by atoms with Crippen LogP contribution in [0.2, 0.25) is 5.02 Å². The first-order valence-corrected chi connectivity index (χ1v) is 10.7. The van der Waals surface area contributed by atoms with Crippen LogP contribution in [0.15, 0.2) is 35.7 Å². The quantitative estimate of drug-likeness (QED) is 0.709. The second-order valence-corrected chi connectivity index (χ2v) is 8.20. The predicted molar refractivity (Wildman–Crippen MR) is 110 cm³/mol. The van der Waals surface area contributed by atoms with Gasteiger partial charge in [0.15, 0.2) is 0 Å². The SMILES string of the molecule is CCCN(CC(=O)N1CCc2sccc2C1c1ccc(Cl)cc1)C(=O)CC. The van der Waals surface area contributed by atoms with Gasteiger partial charge in [-0.15, -0.1) is 11.3 Å². The number of carbonyl (C=O) groups is 2. The maximum Gasteiger partial charge on any atom is 0.242 e. The third-order valence-corrected chi connectivity index (χ3v) is 6.20. The molecule has 0 saturated heterocycles. The largest absolute Gasteiger partial charge is 0.333 e. The van der Waals surface area contributed by atoms with Crippen molar-refractivity contribution in [3.63, 3.8) is 0 Å². The molecular weight excluding hydrogens is 380 g/mol. The Morgan fingerprint density at radius 1 is 1.22 bits per heavy atom. The van der Waals surface area contributed by atoms with Crippen LogP contribution in [0.5, 0.6) is 0 Å². The van der Waals surface area contributed by atoms with Crippen LogP contribution in [-0.2, 0) is 16.0 Å². The highest BCUT2D eigenvalue weighted by Crippen LogP contribution is 2.38. The maximum absolute atomic E-state index is 13.2.